The van der Waals surface area contributed by atoms with E-state index in [1.54, 1.807) is 38.2 Å². The number of anilines is 1. The third-order valence-corrected chi connectivity index (χ3v) is 2.50. The van der Waals surface area contributed by atoms with Crippen molar-refractivity contribution in [2.24, 2.45) is 0 Å². The summed E-state index contributed by atoms with van der Waals surface area (Å²) in [5.74, 6) is -0.278. The van der Waals surface area contributed by atoms with Crippen LogP contribution in [0.15, 0.2) is 24.3 Å². The van der Waals surface area contributed by atoms with Crippen LogP contribution in [0.1, 0.15) is 23.7 Å². The SMILES string of the molecule is CCC(=O)Nc1cccc(C(=O)N(C)CCO)c1. The van der Waals surface area contributed by atoms with Gasteiger partial charge in [-0.05, 0) is 18.2 Å². The van der Waals surface area contributed by atoms with Gasteiger partial charge in [0.15, 0.2) is 0 Å². The van der Waals surface area contributed by atoms with Gasteiger partial charge in [-0.2, -0.15) is 0 Å². The molecule has 18 heavy (non-hydrogen) atoms. The van der Waals surface area contributed by atoms with Gasteiger partial charge in [0.2, 0.25) is 5.91 Å². The topological polar surface area (TPSA) is 69.6 Å². The lowest BCUT2D eigenvalue weighted by molar-refractivity contribution is -0.115. The number of carbonyl (C=O) groups is 2. The number of rotatable bonds is 5. The Kier molecular flexibility index (Phi) is 5.32. The van der Waals surface area contributed by atoms with E-state index < -0.39 is 0 Å². The maximum absolute atomic E-state index is 11.9. The summed E-state index contributed by atoms with van der Waals surface area (Å²) in [7, 11) is 1.62. The van der Waals surface area contributed by atoms with Crippen LogP contribution in [-0.4, -0.2) is 42.0 Å². The monoisotopic (exact) mass is 250 g/mol. The van der Waals surface area contributed by atoms with E-state index in [1.165, 1.54) is 4.90 Å². The molecule has 98 valence electrons. The van der Waals surface area contributed by atoms with E-state index in [4.69, 9.17) is 5.11 Å². The van der Waals surface area contributed by atoms with E-state index in [0.717, 1.165) is 0 Å². The molecule has 5 heteroatoms. The third-order valence-electron chi connectivity index (χ3n) is 2.50. The summed E-state index contributed by atoms with van der Waals surface area (Å²) in [6, 6.07) is 6.75. The molecule has 0 unspecified atom stereocenters. The number of hydrogen-bond donors (Lipinski definition) is 2. The molecule has 0 saturated carbocycles. The number of carbonyl (C=O) groups excluding carboxylic acids is 2. The Bertz CT molecular complexity index is 432. The molecule has 0 heterocycles. The first-order chi connectivity index (χ1) is 8.58. The summed E-state index contributed by atoms with van der Waals surface area (Å²) in [5, 5.41) is 11.5. The molecule has 2 amide bonds. The van der Waals surface area contributed by atoms with Gasteiger partial charge in [0, 0.05) is 31.3 Å². The zero-order chi connectivity index (χ0) is 13.5. The molecule has 0 aliphatic heterocycles. The molecule has 0 saturated heterocycles. The number of nitrogens with zero attached hydrogens (tertiary/aromatic N) is 1. The summed E-state index contributed by atoms with van der Waals surface area (Å²) in [6.45, 7) is 1.97. The van der Waals surface area contributed by atoms with Crippen LogP contribution in [0.2, 0.25) is 0 Å². The Hall–Kier alpha value is -1.88. The average Bonchev–Trinajstić information content (AvgIpc) is 2.38. The summed E-state index contributed by atoms with van der Waals surface area (Å²) in [6.07, 6.45) is 0.391. The van der Waals surface area contributed by atoms with E-state index in [1.807, 2.05) is 0 Å². The molecule has 2 N–H and O–H groups in total. The van der Waals surface area contributed by atoms with Gasteiger partial charge in [0.25, 0.3) is 5.91 Å². The van der Waals surface area contributed by atoms with Crippen LogP contribution in [0.5, 0.6) is 0 Å². The zero-order valence-corrected chi connectivity index (χ0v) is 10.6. The number of likely N-dealkylation sites (N-methyl/N-ethyl adjacent to an activating group) is 1. The van der Waals surface area contributed by atoms with Crippen LogP contribution in [-0.2, 0) is 4.79 Å². The normalized spacial score (nSPS) is 9.94. The Morgan fingerprint density at radius 2 is 2.11 bits per heavy atom. The maximum Gasteiger partial charge on any atom is 0.253 e. The molecule has 0 atom stereocenters. The highest BCUT2D eigenvalue weighted by atomic mass is 16.3. The third kappa shape index (κ3) is 3.85. The highest BCUT2D eigenvalue weighted by Gasteiger charge is 2.11. The van der Waals surface area contributed by atoms with Crippen molar-refractivity contribution in [1.29, 1.82) is 0 Å². The van der Waals surface area contributed by atoms with Gasteiger partial charge >= 0.3 is 0 Å². The first-order valence-electron chi connectivity index (χ1n) is 5.84. The predicted molar refractivity (Wildman–Crippen MR) is 69.4 cm³/mol. The van der Waals surface area contributed by atoms with Gasteiger partial charge in [-0.1, -0.05) is 13.0 Å². The summed E-state index contributed by atoms with van der Waals surface area (Å²) >= 11 is 0. The van der Waals surface area contributed by atoms with Gasteiger partial charge in [-0.15, -0.1) is 0 Å². The standard InChI is InChI=1S/C13H18N2O3/c1-3-12(17)14-11-6-4-5-10(9-11)13(18)15(2)7-8-16/h4-6,9,16H,3,7-8H2,1-2H3,(H,14,17). The second-order valence-electron chi connectivity index (χ2n) is 3.93. The largest absolute Gasteiger partial charge is 0.395 e. The first kappa shape index (κ1) is 14.2. The maximum atomic E-state index is 11.9. The number of amides is 2. The van der Waals surface area contributed by atoms with Crippen molar-refractivity contribution < 1.29 is 14.7 Å². The van der Waals surface area contributed by atoms with Gasteiger partial charge in [-0.25, -0.2) is 0 Å². The van der Waals surface area contributed by atoms with Gasteiger partial charge in [0.1, 0.15) is 0 Å². The van der Waals surface area contributed by atoms with Crippen molar-refractivity contribution in [2.45, 2.75) is 13.3 Å². The predicted octanol–water partition coefficient (Wildman–Crippen LogP) is 1.10. The Labute approximate surface area is 106 Å². The Morgan fingerprint density at radius 1 is 1.39 bits per heavy atom. The van der Waals surface area contributed by atoms with E-state index >= 15 is 0 Å². The van der Waals surface area contributed by atoms with Gasteiger partial charge in [0.05, 0.1) is 6.61 Å². The highest BCUT2D eigenvalue weighted by Crippen LogP contribution is 2.12. The highest BCUT2D eigenvalue weighted by molar-refractivity contribution is 5.97. The number of nitrogens with one attached hydrogen (secondary N) is 1. The number of hydrogen-bond acceptors (Lipinski definition) is 3. The molecule has 1 aromatic carbocycles. The molecule has 0 aliphatic rings. The lowest BCUT2D eigenvalue weighted by Crippen LogP contribution is -2.29. The molecule has 0 bridgehead atoms. The summed E-state index contributed by atoms with van der Waals surface area (Å²) in [4.78, 5) is 24.6. The fraction of sp³-hybridized carbons (Fsp3) is 0.385. The van der Waals surface area contributed by atoms with E-state index in [0.29, 0.717) is 17.7 Å². The molecular formula is C13H18N2O3. The first-order valence-corrected chi connectivity index (χ1v) is 5.84. The van der Waals surface area contributed by atoms with Crippen molar-refractivity contribution in [3.63, 3.8) is 0 Å². The second kappa shape index (κ2) is 6.76. The molecule has 0 aliphatic carbocycles. The fourth-order valence-electron chi connectivity index (χ4n) is 1.45. The van der Waals surface area contributed by atoms with E-state index in [2.05, 4.69) is 5.32 Å². The number of aliphatic hydroxyl groups excluding tert-OH is 1. The van der Waals surface area contributed by atoms with Crippen molar-refractivity contribution in [2.75, 3.05) is 25.5 Å². The van der Waals surface area contributed by atoms with Crippen molar-refractivity contribution >= 4 is 17.5 Å². The molecule has 0 radical (unpaired) electrons. The minimum Gasteiger partial charge on any atom is -0.395 e. The van der Waals surface area contributed by atoms with Crippen LogP contribution < -0.4 is 5.32 Å². The lowest BCUT2D eigenvalue weighted by atomic mass is 10.1. The van der Waals surface area contributed by atoms with Crippen LogP contribution >= 0.6 is 0 Å². The van der Waals surface area contributed by atoms with Crippen LogP contribution in [0.25, 0.3) is 0 Å². The Balaban J connectivity index is 2.81. The molecular weight excluding hydrogens is 232 g/mol. The minimum atomic E-state index is -0.184. The van der Waals surface area contributed by atoms with E-state index in [-0.39, 0.29) is 25.0 Å². The number of benzene rings is 1. The average molecular weight is 250 g/mol. The molecule has 0 aromatic heterocycles. The molecule has 5 nitrogen and oxygen atoms in total. The molecule has 0 spiro atoms. The quantitative estimate of drug-likeness (QED) is 0.822. The van der Waals surface area contributed by atoms with Crippen LogP contribution in [0.4, 0.5) is 5.69 Å². The van der Waals surface area contributed by atoms with Crippen LogP contribution in [0.3, 0.4) is 0 Å². The van der Waals surface area contributed by atoms with Crippen LogP contribution in [0, 0.1) is 0 Å². The minimum absolute atomic E-state index is 0.0749. The van der Waals surface area contributed by atoms with E-state index in [9.17, 15) is 9.59 Å². The summed E-state index contributed by atoms with van der Waals surface area (Å²) in [5.41, 5.74) is 1.09. The van der Waals surface area contributed by atoms with Crippen molar-refractivity contribution in [3.05, 3.63) is 29.8 Å². The molecule has 0 fully saturated rings. The van der Waals surface area contributed by atoms with Gasteiger partial charge < -0.3 is 15.3 Å². The lowest BCUT2D eigenvalue weighted by Gasteiger charge is -2.16. The Morgan fingerprint density at radius 3 is 2.72 bits per heavy atom. The second-order valence-corrected chi connectivity index (χ2v) is 3.93. The van der Waals surface area contributed by atoms with Crippen molar-refractivity contribution in [1.82, 2.24) is 4.90 Å². The molecule has 1 rings (SSSR count). The smallest absolute Gasteiger partial charge is 0.253 e. The summed E-state index contributed by atoms with van der Waals surface area (Å²) < 4.78 is 0. The van der Waals surface area contributed by atoms with Crippen molar-refractivity contribution in [3.8, 4) is 0 Å². The zero-order valence-electron chi connectivity index (χ0n) is 10.6. The fourth-order valence-corrected chi connectivity index (χ4v) is 1.45. The number of aliphatic hydroxyl groups is 1. The van der Waals surface area contributed by atoms with Gasteiger partial charge in [-0.3, -0.25) is 9.59 Å². The molecule has 1 aromatic rings.